The van der Waals surface area contributed by atoms with Crippen molar-refractivity contribution in [2.75, 3.05) is 19.6 Å². The highest BCUT2D eigenvalue weighted by Gasteiger charge is 2.34. The largest absolute Gasteiger partial charge is 0.314 e. The Morgan fingerprint density at radius 3 is 2.39 bits per heavy atom. The first-order valence-corrected chi connectivity index (χ1v) is 8.00. The summed E-state index contributed by atoms with van der Waals surface area (Å²) in [5.74, 6) is 0.881. The quantitative estimate of drug-likeness (QED) is 0.826. The maximum Gasteiger partial charge on any atom is 0.0220 e. The lowest BCUT2D eigenvalue weighted by Crippen LogP contribution is -2.53. The molecule has 3 atom stereocenters. The van der Waals surface area contributed by atoms with Crippen LogP contribution in [0.2, 0.25) is 0 Å². The number of nitrogens with one attached hydrogen (secondary N) is 1. The van der Waals surface area contributed by atoms with Gasteiger partial charge in [0, 0.05) is 31.2 Å². The second kappa shape index (κ2) is 5.48. The molecule has 0 aromatic heterocycles. The van der Waals surface area contributed by atoms with Crippen molar-refractivity contribution in [3.63, 3.8) is 0 Å². The number of rotatable bonds is 4. The minimum absolute atomic E-state index is 0.754. The van der Waals surface area contributed by atoms with Crippen LogP contribution in [-0.2, 0) is 0 Å². The van der Waals surface area contributed by atoms with E-state index in [-0.39, 0.29) is 0 Å². The maximum atomic E-state index is 3.70. The number of piperidine rings is 1. The molecule has 0 aromatic rings. The number of hydrogen-bond donors (Lipinski definition) is 1. The van der Waals surface area contributed by atoms with E-state index in [2.05, 4.69) is 29.2 Å². The highest BCUT2D eigenvalue weighted by atomic mass is 15.7. The average molecular weight is 251 g/mol. The Bertz CT molecular complexity index is 267. The Morgan fingerprint density at radius 1 is 1.00 bits per heavy atom. The van der Waals surface area contributed by atoms with Crippen LogP contribution in [-0.4, -0.2) is 47.8 Å². The van der Waals surface area contributed by atoms with Crippen LogP contribution in [0.5, 0.6) is 0 Å². The number of nitrogens with zero attached hydrogens (tertiary/aromatic N) is 2. The molecule has 0 bridgehead atoms. The third kappa shape index (κ3) is 2.89. The molecule has 3 rings (SSSR count). The van der Waals surface area contributed by atoms with Crippen molar-refractivity contribution in [2.45, 2.75) is 70.5 Å². The molecule has 18 heavy (non-hydrogen) atoms. The lowest BCUT2D eigenvalue weighted by Gasteiger charge is -2.44. The molecule has 3 aliphatic rings. The molecular weight excluding hydrogens is 222 g/mol. The van der Waals surface area contributed by atoms with Gasteiger partial charge in [0.1, 0.15) is 0 Å². The fourth-order valence-corrected chi connectivity index (χ4v) is 3.77. The van der Waals surface area contributed by atoms with Crippen molar-refractivity contribution in [2.24, 2.45) is 5.92 Å². The summed E-state index contributed by atoms with van der Waals surface area (Å²) in [4.78, 5) is 0. The van der Waals surface area contributed by atoms with Gasteiger partial charge in [-0.3, -0.25) is 0 Å². The van der Waals surface area contributed by atoms with E-state index in [0.717, 1.165) is 24.0 Å². The van der Waals surface area contributed by atoms with Crippen molar-refractivity contribution >= 4 is 0 Å². The molecule has 1 N–H and O–H groups in total. The predicted octanol–water partition coefficient (Wildman–Crippen LogP) is 2.24. The molecule has 1 saturated carbocycles. The smallest absolute Gasteiger partial charge is 0.0220 e. The first-order chi connectivity index (χ1) is 8.74. The van der Waals surface area contributed by atoms with Crippen LogP contribution in [0.15, 0.2) is 0 Å². The number of hydrogen-bond acceptors (Lipinski definition) is 3. The Labute approximate surface area is 112 Å². The summed E-state index contributed by atoms with van der Waals surface area (Å²) >= 11 is 0. The van der Waals surface area contributed by atoms with Gasteiger partial charge in [0.15, 0.2) is 0 Å². The molecule has 0 amide bonds. The third-order valence-corrected chi connectivity index (χ3v) is 5.01. The average Bonchev–Trinajstić information content (AvgIpc) is 3.06. The van der Waals surface area contributed by atoms with Crippen molar-refractivity contribution in [3.8, 4) is 0 Å². The topological polar surface area (TPSA) is 18.5 Å². The Hall–Kier alpha value is -0.120. The minimum atomic E-state index is 0.754. The van der Waals surface area contributed by atoms with Gasteiger partial charge in [-0.25, -0.2) is 10.0 Å². The van der Waals surface area contributed by atoms with Gasteiger partial charge in [-0.05, 0) is 58.4 Å². The third-order valence-electron chi connectivity index (χ3n) is 5.01. The molecule has 3 fully saturated rings. The molecule has 2 aliphatic heterocycles. The van der Waals surface area contributed by atoms with Gasteiger partial charge in [-0.1, -0.05) is 6.42 Å². The molecule has 1 aliphatic carbocycles. The second-order valence-electron chi connectivity index (χ2n) is 6.76. The lowest BCUT2D eigenvalue weighted by atomic mass is 9.99. The summed E-state index contributed by atoms with van der Waals surface area (Å²) in [5, 5.41) is 9.05. The standard InChI is InChI=1S/C15H29N3/c1-12-4-3-5-13(2)18(12)17-9-8-14(11-17)10-16-15-6-7-15/h12-16H,3-11H2,1-2H3. The summed E-state index contributed by atoms with van der Waals surface area (Å²) in [6.45, 7) is 8.63. The molecule has 104 valence electrons. The van der Waals surface area contributed by atoms with Crippen molar-refractivity contribution in [1.82, 2.24) is 15.3 Å². The van der Waals surface area contributed by atoms with Gasteiger partial charge in [-0.2, -0.15) is 0 Å². The highest BCUT2D eigenvalue weighted by Crippen LogP contribution is 2.29. The fraction of sp³-hybridized carbons (Fsp3) is 1.00. The van der Waals surface area contributed by atoms with E-state index < -0.39 is 0 Å². The first-order valence-electron chi connectivity index (χ1n) is 8.00. The van der Waals surface area contributed by atoms with Gasteiger partial charge in [0.05, 0.1) is 0 Å². The van der Waals surface area contributed by atoms with E-state index in [1.807, 2.05) is 0 Å². The van der Waals surface area contributed by atoms with Gasteiger partial charge in [0.2, 0.25) is 0 Å². The summed E-state index contributed by atoms with van der Waals surface area (Å²) in [7, 11) is 0. The summed E-state index contributed by atoms with van der Waals surface area (Å²) in [6, 6.07) is 2.37. The van der Waals surface area contributed by atoms with Gasteiger partial charge in [0.25, 0.3) is 0 Å². The minimum Gasteiger partial charge on any atom is -0.314 e. The van der Waals surface area contributed by atoms with Crippen LogP contribution in [0.25, 0.3) is 0 Å². The Balaban J connectivity index is 1.50. The summed E-state index contributed by atoms with van der Waals surface area (Å²) in [6.07, 6.45) is 8.39. The van der Waals surface area contributed by atoms with Crippen LogP contribution in [0.4, 0.5) is 0 Å². The van der Waals surface area contributed by atoms with Crippen molar-refractivity contribution in [3.05, 3.63) is 0 Å². The lowest BCUT2D eigenvalue weighted by molar-refractivity contribution is -0.0914. The van der Waals surface area contributed by atoms with Crippen LogP contribution in [0.3, 0.4) is 0 Å². The molecule has 0 radical (unpaired) electrons. The van der Waals surface area contributed by atoms with E-state index in [1.54, 1.807) is 0 Å². The van der Waals surface area contributed by atoms with Crippen molar-refractivity contribution in [1.29, 1.82) is 0 Å². The molecular formula is C15H29N3. The zero-order valence-electron chi connectivity index (χ0n) is 12.1. The van der Waals surface area contributed by atoms with Crippen LogP contribution >= 0.6 is 0 Å². The van der Waals surface area contributed by atoms with E-state index in [0.29, 0.717) is 0 Å². The first kappa shape index (κ1) is 12.9. The van der Waals surface area contributed by atoms with Crippen LogP contribution in [0.1, 0.15) is 52.4 Å². The molecule has 3 unspecified atom stereocenters. The monoisotopic (exact) mass is 251 g/mol. The van der Waals surface area contributed by atoms with Gasteiger partial charge < -0.3 is 5.32 Å². The van der Waals surface area contributed by atoms with E-state index in [1.165, 1.54) is 58.2 Å². The van der Waals surface area contributed by atoms with E-state index in [4.69, 9.17) is 0 Å². The predicted molar refractivity (Wildman–Crippen MR) is 75.3 cm³/mol. The Kier molecular flexibility index (Phi) is 3.92. The summed E-state index contributed by atoms with van der Waals surface area (Å²) < 4.78 is 0. The van der Waals surface area contributed by atoms with Gasteiger partial charge in [-0.15, -0.1) is 0 Å². The van der Waals surface area contributed by atoms with E-state index in [9.17, 15) is 0 Å². The SMILES string of the molecule is CC1CCCC(C)N1N1CCC(CNC2CC2)C1. The van der Waals surface area contributed by atoms with E-state index >= 15 is 0 Å². The molecule has 3 nitrogen and oxygen atoms in total. The zero-order chi connectivity index (χ0) is 12.5. The zero-order valence-corrected chi connectivity index (χ0v) is 12.1. The Morgan fingerprint density at radius 2 is 1.72 bits per heavy atom. The fourth-order valence-electron chi connectivity index (χ4n) is 3.77. The molecule has 2 saturated heterocycles. The normalized spacial score (nSPS) is 39.3. The van der Waals surface area contributed by atoms with Gasteiger partial charge >= 0.3 is 0 Å². The molecule has 0 aromatic carbocycles. The van der Waals surface area contributed by atoms with Crippen molar-refractivity contribution < 1.29 is 0 Å². The maximum absolute atomic E-state index is 3.70. The second-order valence-corrected chi connectivity index (χ2v) is 6.76. The highest BCUT2D eigenvalue weighted by molar-refractivity contribution is 4.86. The summed E-state index contributed by atoms with van der Waals surface area (Å²) in [5.41, 5.74) is 0. The molecule has 2 heterocycles. The van der Waals surface area contributed by atoms with Crippen LogP contribution < -0.4 is 5.32 Å². The molecule has 0 spiro atoms. The molecule has 3 heteroatoms. The van der Waals surface area contributed by atoms with Crippen LogP contribution in [0, 0.1) is 5.92 Å². The number of hydrazine groups is 1.